The highest BCUT2D eigenvalue weighted by molar-refractivity contribution is 7.15. The van der Waals surface area contributed by atoms with Crippen LogP contribution in [-0.4, -0.2) is 39.3 Å². The van der Waals surface area contributed by atoms with Crippen LogP contribution in [0.4, 0.5) is 0 Å². The molecule has 1 aliphatic heterocycles. The molecule has 1 amide bonds. The first-order chi connectivity index (χ1) is 13.5. The van der Waals surface area contributed by atoms with Crippen LogP contribution in [0, 0.1) is 12.8 Å². The fourth-order valence-electron chi connectivity index (χ4n) is 3.31. The lowest BCUT2D eigenvalue weighted by atomic mass is 9.97. The first kappa shape index (κ1) is 18.8. The first-order valence-electron chi connectivity index (χ1n) is 8.99. The Kier molecular flexibility index (Phi) is 5.27. The van der Waals surface area contributed by atoms with Crippen molar-refractivity contribution in [3.63, 3.8) is 0 Å². The summed E-state index contributed by atoms with van der Waals surface area (Å²) in [5, 5.41) is 3.75. The van der Waals surface area contributed by atoms with Crippen LogP contribution in [0.15, 0.2) is 33.8 Å². The zero-order chi connectivity index (χ0) is 19.7. The Balaban J connectivity index is 1.33. The van der Waals surface area contributed by atoms with Crippen molar-refractivity contribution in [2.45, 2.75) is 26.4 Å². The Hall–Kier alpha value is -2.52. The number of esters is 1. The Morgan fingerprint density at radius 1 is 1.29 bits per heavy atom. The van der Waals surface area contributed by atoms with E-state index in [1.54, 1.807) is 4.90 Å². The third-order valence-electron chi connectivity index (χ3n) is 4.84. The van der Waals surface area contributed by atoms with Crippen molar-refractivity contribution in [3.05, 3.63) is 55.6 Å². The second-order valence-electron chi connectivity index (χ2n) is 6.73. The molecule has 7 nitrogen and oxygen atoms in total. The van der Waals surface area contributed by atoms with Crippen molar-refractivity contribution in [2.24, 2.45) is 5.92 Å². The summed E-state index contributed by atoms with van der Waals surface area (Å²) >= 11 is 2.81. The average molecular weight is 418 g/mol. The van der Waals surface area contributed by atoms with E-state index in [1.165, 1.54) is 33.1 Å². The summed E-state index contributed by atoms with van der Waals surface area (Å²) in [7, 11) is 0. The number of carbonyl (C=O) groups excluding carboxylic acids is 2. The van der Waals surface area contributed by atoms with Crippen LogP contribution < -0.4 is 5.56 Å². The van der Waals surface area contributed by atoms with E-state index in [9.17, 15) is 14.4 Å². The molecule has 4 rings (SSSR count). The molecule has 0 aromatic carbocycles. The number of hydrogen-bond acceptors (Lipinski definition) is 7. The molecule has 3 aromatic heterocycles. The number of aromatic nitrogens is 2. The van der Waals surface area contributed by atoms with Gasteiger partial charge in [-0.2, -0.15) is 0 Å². The molecule has 0 aliphatic carbocycles. The number of carbonyl (C=O) groups is 2. The SMILES string of the molecule is Cc1csc2nc(COC(=O)C3CCN(C(=O)c4cccs4)CC3)cc(=O)n12. The Morgan fingerprint density at radius 2 is 2.07 bits per heavy atom. The maximum absolute atomic E-state index is 12.4. The zero-order valence-corrected chi connectivity index (χ0v) is 16.9. The van der Waals surface area contributed by atoms with Crippen LogP contribution in [-0.2, 0) is 16.1 Å². The van der Waals surface area contributed by atoms with Crippen LogP contribution in [0.25, 0.3) is 4.96 Å². The van der Waals surface area contributed by atoms with Crippen molar-refractivity contribution in [1.29, 1.82) is 0 Å². The predicted octanol–water partition coefficient (Wildman–Crippen LogP) is 2.72. The van der Waals surface area contributed by atoms with E-state index in [0.29, 0.717) is 36.6 Å². The minimum Gasteiger partial charge on any atom is -0.459 e. The minimum absolute atomic E-state index is 0.0180. The molecule has 0 bridgehead atoms. The largest absolute Gasteiger partial charge is 0.459 e. The normalized spacial score (nSPS) is 15.1. The third-order valence-corrected chi connectivity index (χ3v) is 6.64. The number of amides is 1. The summed E-state index contributed by atoms with van der Waals surface area (Å²) < 4.78 is 6.94. The molecule has 4 heterocycles. The molecule has 1 saturated heterocycles. The highest BCUT2D eigenvalue weighted by atomic mass is 32.1. The number of rotatable bonds is 4. The number of ether oxygens (including phenoxy) is 1. The Bertz CT molecular complexity index is 1060. The second kappa shape index (κ2) is 7.84. The van der Waals surface area contributed by atoms with Gasteiger partial charge in [-0.05, 0) is 31.2 Å². The third kappa shape index (κ3) is 3.72. The van der Waals surface area contributed by atoms with Crippen molar-refractivity contribution in [3.8, 4) is 0 Å². The fourth-order valence-corrected chi connectivity index (χ4v) is 4.89. The molecule has 1 fully saturated rings. The lowest BCUT2D eigenvalue weighted by Crippen LogP contribution is -2.40. The van der Waals surface area contributed by atoms with Crippen LogP contribution in [0.3, 0.4) is 0 Å². The first-order valence-corrected chi connectivity index (χ1v) is 10.7. The molecule has 0 N–H and O–H groups in total. The minimum atomic E-state index is -0.299. The van der Waals surface area contributed by atoms with Gasteiger partial charge < -0.3 is 9.64 Å². The van der Waals surface area contributed by atoms with E-state index in [4.69, 9.17) is 4.74 Å². The lowest BCUT2D eigenvalue weighted by molar-refractivity contribution is -0.151. The van der Waals surface area contributed by atoms with Crippen LogP contribution in [0.5, 0.6) is 0 Å². The number of fused-ring (bicyclic) bond motifs is 1. The summed E-state index contributed by atoms with van der Waals surface area (Å²) in [4.78, 5) is 44.4. The molecule has 0 unspecified atom stereocenters. The quantitative estimate of drug-likeness (QED) is 0.610. The van der Waals surface area contributed by atoms with Crippen molar-refractivity contribution in [2.75, 3.05) is 13.1 Å². The maximum Gasteiger partial charge on any atom is 0.309 e. The van der Waals surface area contributed by atoms with Gasteiger partial charge >= 0.3 is 5.97 Å². The number of aryl methyl sites for hydroxylation is 1. The Morgan fingerprint density at radius 3 is 2.79 bits per heavy atom. The molecular weight excluding hydrogens is 398 g/mol. The van der Waals surface area contributed by atoms with Crippen LogP contribution >= 0.6 is 22.7 Å². The molecule has 146 valence electrons. The standard InChI is InChI=1S/C19H19N3O4S2/c1-12-11-28-19-20-14(9-16(23)22(12)19)10-26-18(25)13-4-6-21(7-5-13)17(24)15-3-2-8-27-15/h2-3,8-9,11,13H,4-7,10H2,1H3. The average Bonchev–Trinajstić information content (AvgIpc) is 3.36. The van der Waals surface area contributed by atoms with Crippen LogP contribution in [0.2, 0.25) is 0 Å². The van der Waals surface area contributed by atoms with E-state index in [-0.39, 0.29) is 30.0 Å². The molecule has 1 aliphatic rings. The molecule has 0 atom stereocenters. The molecule has 28 heavy (non-hydrogen) atoms. The van der Waals surface area contributed by atoms with Gasteiger partial charge in [-0.25, -0.2) is 4.98 Å². The number of hydrogen-bond donors (Lipinski definition) is 0. The highest BCUT2D eigenvalue weighted by Crippen LogP contribution is 2.22. The maximum atomic E-state index is 12.4. The van der Waals surface area contributed by atoms with Gasteiger partial charge in [-0.1, -0.05) is 6.07 Å². The van der Waals surface area contributed by atoms with E-state index in [0.717, 1.165) is 10.6 Å². The summed E-state index contributed by atoms with van der Waals surface area (Å²) in [6.07, 6.45) is 1.16. The van der Waals surface area contributed by atoms with Gasteiger partial charge in [-0.15, -0.1) is 22.7 Å². The van der Waals surface area contributed by atoms with Gasteiger partial charge in [0.2, 0.25) is 0 Å². The molecule has 0 saturated carbocycles. The van der Waals surface area contributed by atoms with Gasteiger partial charge in [0, 0.05) is 30.2 Å². The number of nitrogens with zero attached hydrogens (tertiary/aromatic N) is 3. The predicted molar refractivity (Wildman–Crippen MR) is 107 cm³/mol. The summed E-state index contributed by atoms with van der Waals surface area (Å²) in [5.41, 5.74) is 1.12. The summed E-state index contributed by atoms with van der Waals surface area (Å²) in [6, 6.07) is 5.08. The number of likely N-dealkylation sites (tertiary alicyclic amines) is 1. The van der Waals surface area contributed by atoms with Gasteiger partial charge in [0.15, 0.2) is 4.96 Å². The molecule has 3 aromatic rings. The Labute approximate surface area is 169 Å². The molecule has 0 spiro atoms. The fraction of sp³-hybridized carbons (Fsp3) is 0.368. The zero-order valence-electron chi connectivity index (χ0n) is 15.3. The second-order valence-corrected chi connectivity index (χ2v) is 8.52. The van der Waals surface area contributed by atoms with E-state index in [1.807, 2.05) is 29.8 Å². The number of thiophene rings is 1. The number of piperidine rings is 1. The number of thiazole rings is 1. The van der Waals surface area contributed by atoms with Crippen molar-refractivity contribution in [1.82, 2.24) is 14.3 Å². The van der Waals surface area contributed by atoms with Gasteiger partial charge in [-0.3, -0.25) is 18.8 Å². The van der Waals surface area contributed by atoms with Gasteiger partial charge in [0.25, 0.3) is 11.5 Å². The lowest BCUT2D eigenvalue weighted by Gasteiger charge is -2.30. The summed E-state index contributed by atoms with van der Waals surface area (Å²) in [6.45, 7) is 2.91. The topological polar surface area (TPSA) is 81.0 Å². The smallest absolute Gasteiger partial charge is 0.309 e. The monoisotopic (exact) mass is 417 g/mol. The van der Waals surface area contributed by atoms with E-state index >= 15 is 0 Å². The van der Waals surface area contributed by atoms with Gasteiger partial charge in [0.1, 0.15) is 6.61 Å². The molecular formula is C19H19N3O4S2. The molecule has 0 radical (unpaired) electrons. The van der Waals surface area contributed by atoms with Gasteiger partial charge in [0.05, 0.1) is 16.5 Å². The highest BCUT2D eigenvalue weighted by Gasteiger charge is 2.29. The van der Waals surface area contributed by atoms with E-state index in [2.05, 4.69) is 4.98 Å². The van der Waals surface area contributed by atoms with Crippen molar-refractivity contribution >= 4 is 39.5 Å². The van der Waals surface area contributed by atoms with Crippen molar-refractivity contribution < 1.29 is 14.3 Å². The van der Waals surface area contributed by atoms with Crippen LogP contribution in [0.1, 0.15) is 33.9 Å². The molecule has 9 heteroatoms. The summed E-state index contributed by atoms with van der Waals surface area (Å²) in [5.74, 6) is -0.514. The van der Waals surface area contributed by atoms with E-state index < -0.39 is 0 Å².